The molecule has 1 heteroatoms. The van der Waals surface area contributed by atoms with E-state index in [4.69, 9.17) is 5.73 Å². The molecule has 0 aliphatic heterocycles. The van der Waals surface area contributed by atoms with Crippen LogP contribution in [-0.2, 0) is 0 Å². The predicted octanol–water partition coefficient (Wildman–Crippen LogP) is 4.09. The van der Waals surface area contributed by atoms with Gasteiger partial charge in [0.15, 0.2) is 0 Å². The van der Waals surface area contributed by atoms with Crippen LogP contribution in [0.2, 0.25) is 0 Å². The molecule has 2 aromatic rings. The van der Waals surface area contributed by atoms with Gasteiger partial charge in [-0.2, -0.15) is 0 Å². The molecular weight excluding hydrogens is 206 g/mol. The number of fused-ring (bicyclic) bond motifs is 3. The number of benzene rings is 2. The van der Waals surface area contributed by atoms with Gasteiger partial charge in [0.1, 0.15) is 0 Å². The first kappa shape index (κ1) is 10.2. The lowest BCUT2D eigenvalue weighted by Gasteiger charge is -2.05. The van der Waals surface area contributed by atoms with Crippen LogP contribution in [0.15, 0.2) is 48.0 Å². The third-order valence-corrected chi connectivity index (χ3v) is 3.30. The summed E-state index contributed by atoms with van der Waals surface area (Å²) in [6.45, 7) is 4.31. The van der Waals surface area contributed by atoms with Gasteiger partial charge in [-0.25, -0.2) is 0 Å². The highest BCUT2D eigenvalue weighted by atomic mass is 14.5. The van der Waals surface area contributed by atoms with Crippen LogP contribution in [0.5, 0.6) is 0 Å². The molecule has 0 unspecified atom stereocenters. The molecule has 1 aliphatic rings. The van der Waals surface area contributed by atoms with Crippen LogP contribution < -0.4 is 5.73 Å². The average Bonchev–Trinajstić information content (AvgIpc) is 2.62. The molecule has 0 bridgehead atoms. The third-order valence-electron chi connectivity index (χ3n) is 3.30. The quantitative estimate of drug-likeness (QED) is 0.568. The Morgan fingerprint density at radius 3 is 2.18 bits per heavy atom. The summed E-state index contributed by atoms with van der Waals surface area (Å²) in [7, 11) is 0. The molecule has 3 rings (SSSR count). The SMILES string of the molecule is CC(C)=C1c2ccccc2-c2ccc(N)cc21. The van der Waals surface area contributed by atoms with E-state index in [0.29, 0.717) is 0 Å². The summed E-state index contributed by atoms with van der Waals surface area (Å²) >= 11 is 0. The third kappa shape index (κ3) is 1.39. The van der Waals surface area contributed by atoms with E-state index in [-0.39, 0.29) is 0 Å². The summed E-state index contributed by atoms with van der Waals surface area (Å²) in [5.74, 6) is 0. The maximum absolute atomic E-state index is 5.91. The second kappa shape index (κ2) is 3.49. The Kier molecular flexibility index (Phi) is 2.08. The molecule has 0 fully saturated rings. The number of hydrogen-bond acceptors (Lipinski definition) is 1. The molecule has 0 aromatic heterocycles. The van der Waals surface area contributed by atoms with Gasteiger partial charge in [0, 0.05) is 5.69 Å². The highest BCUT2D eigenvalue weighted by Crippen LogP contribution is 2.45. The van der Waals surface area contributed by atoms with Gasteiger partial charge in [0.25, 0.3) is 0 Å². The van der Waals surface area contributed by atoms with Gasteiger partial charge in [-0.3, -0.25) is 0 Å². The predicted molar refractivity (Wildman–Crippen MR) is 73.7 cm³/mol. The fourth-order valence-corrected chi connectivity index (χ4v) is 2.62. The number of nitrogens with two attached hydrogens (primary N) is 1. The zero-order chi connectivity index (χ0) is 12.0. The van der Waals surface area contributed by atoms with Crippen molar-refractivity contribution in [2.45, 2.75) is 13.8 Å². The molecule has 0 spiro atoms. The molecule has 0 radical (unpaired) electrons. The minimum Gasteiger partial charge on any atom is -0.399 e. The topological polar surface area (TPSA) is 26.0 Å². The van der Waals surface area contributed by atoms with Crippen LogP contribution in [0.25, 0.3) is 16.7 Å². The van der Waals surface area contributed by atoms with E-state index >= 15 is 0 Å². The van der Waals surface area contributed by atoms with Crippen LogP contribution in [0.4, 0.5) is 5.69 Å². The summed E-state index contributed by atoms with van der Waals surface area (Å²) in [5, 5.41) is 0. The monoisotopic (exact) mass is 221 g/mol. The lowest BCUT2D eigenvalue weighted by atomic mass is 9.99. The largest absolute Gasteiger partial charge is 0.399 e. The van der Waals surface area contributed by atoms with Crippen LogP contribution in [0, 0.1) is 0 Å². The molecule has 1 aliphatic carbocycles. The first-order valence-corrected chi connectivity index (χ1v) is 5.85. The summed E-state index contributed by atoms with van der Waals surface area (Å²) < 4.78 is 0. The van der Waals surface area contributed by atoms with Gasteiger partial charge in [0.05, 0.1) is 0 Å². The fourth-order valence-electron chi connectivity index (χ4n) is 2.62. The molecule has 2 N–H and O–H groups in total. The van der Waals surface area contributed by atoms with Gasteiger partial charge < -0.3 is 5.73 Å². The molecular formula is C16H15N. The summed E-state index contributed by atoms with van der Waals surface area (Å²) in [5.41, 5.74) is 14.6. The van der Waals surface area contributed by atoms with Gasteiger partial charge in [0.2, 0.25) is 0 Å². The highest BCUT2D eigenvalue weighted by molar-refractivity contribution is 6.02. The maximum atomic E-state index is 5.91. The van der Waals surface area contributed by atoms with E-state index in [2.05, 4.69) is 50.2 Å². The number of allylic oxidation sites excluding steroid dienone is 1. The van der Waals surface area contributed by atoms with E-state index in [1.165, 1.54) is 33.4 Å². The van der Waals surface area contributed by atoms with Gasteiger partial charge in [-0.1, -0.05) is 35.9 Å². The number of hydrogen-bond donors (Lipinski definition) is 1. The second-order valence-electron chi connectivity index (χ2n) is 4.73. The minimum atomic E-state index is 0.829. The van der Waals surface area contributed by atoms with E-state index in [0.717, 1.165) is 5.69 Å². The van der Waals surface area contributed by atoms with Crippen molar-refractivity contribution in [3.05, 3.63) is 59.2 Å². The normalized spacial score (nSPS) is 12.2. The van der Waals surface area contributed by atoms with Crippen LogP contribution >= 0.6 is 0 Å². The molecule has 2 aromatic carbocycles. The van der Waals surface area contributed by atoms with E-state index in [1.807, 2.05) is 6.07 Å². The summed E-state index contributed by atoms with van der Waals surface area (Å²) in [6.07, 6.45) is 0. The summed E-state index contributed by atoms with van der Waals surface area (Å²) in [6, 6.07) is 14.7. The van der Waals surface area contributed by atoms with Crippen molar-refractivity contribution < 1.29 is 0 Å². The first-order valence-electron chi connectivity index (χ1n) is 5.85. The molecule has 0 amide bonds. The van der Waals surface area contributed by atoms with Crippen molar-refractivity contribution in [2.75, 3.05) is 5.73 Å². The van der Waals surface area contributed by atoms with Crippen molar-refractivity contribution in [2.24, 2.45) is 0 Å². The van der Waals surface area contributed by atoms with Crippen molar-refractivity contribution in [1.82, 2.24) is 0 Å². The van der Waals surface area contributed by atoms with Crippen molar-refractivity contribution in [3.63, 3.8) is 0 Å². The Morgan fingerprint density at radius 2 is 1.47 bits per heavy atom. The molecule has 84 valence electrons. The summed E-state index contributed by atoms with van der Waals surface area (Å²) in [4.78, 5) is 0. The lowest BCUT2D eigenvalue weighted by molar-refractivity contribution is 1.39. The Balaban J connectivity index is 2.42. The molecule has 0 atom stereocenters. The standard InChI is InChI=1S/C16H15N/c1-10(2)16-14-6-4-3-5-12(14)13-8-7-11(17)9-15(13)16/h3-9H,17H2,1-2H3. The molecule has 0 heterocycles. The Morgan fingerprint density at radius 1 is 0.824 bits per heavy atom. The van der Waals surface area contributed by atoms with Crippen LogP contribution in [0.3, 0.4) is 0 Å². The number of anilines is 1. The Hall–Kier alpha value is -2.02. The number of nitrogen functional groups attached to an aromatic ring is 1. The smallest absolute Gasteiger partial charge is 0.0320 e. The van der Waals surface area contributed by atoms with Crippen LogP contribution in [0.1, 0.15) is 25.0 Å². The molecule has 17 heavy (non-hydrogen) atoms. The molecule has 0 saturated carbocycles. The fraction of sp³-hybridized carbons (Fsp3) is 0.125. The number of rotatable bonds is 0. The van der Waals surface area contributed by atoms with Gasteiger partial charge in [-0.15, -0.1) is 0 Å². The zero-order valence-corrected chi connectivity index (χ0v) is 10.1. The second-order valence-corrected chi connectivity index (χ2v) is 4.73. The van der Waals surface area contributed by atoms with E-state index in [1.54, 1.807) is 0 Å². The molecule has 1 nitrogen and oxygen atoms in total. The molecule has 0 saturated heterocycles. The van der Waals surface area contributed by atoms with Crippen LogP contribution in [-0.4, -0.2) is 0 Å². The highest BCUT2D eigenvalue weighted by Gasteiger charge is 2.23. The zero-order valence-electron chi connectivity index (χ0n) is 10.1. The van der Waals surface area contributed by atoms with Crippen molar-refractivity contribution >= 4 is 11.3 Å². The lowest BCUT2D eigenvalue weighted by Crippen LogP contribution is -1.88. The van der Waals surface area contributed by atoms with Crippen molar-refractivity contribution in [3.8, 4) is 11.1 Å². The Labute approximate surface area is 102 Å². The van der Waals surface area contributed by atoms with Crippen molar-refractivity contribution in [1.29, 1.82) is 0 Å². The average molecular weight is 221 g/mol. The minimum absolute atomic E-state index is 0.829. The van der Waals surface area contributed by atoms with Gasteiger partial charge in [-0.05, 0) is 53.8 Å². The van der Waals surface area contributed by atoms with E-state index in [9.17, 15) is 0 Å². The van der Waals surface area contributed by atoms with Gasteiger partial charge >= 0.3 is 0 Å². The van der Waals surface area contributed by atoms with E-state index < -0.39 is 0 Å². The first-order chi connectivity index (χ1) is 8.18. The maximum Gasteiger partial charge on any atom is 0.0320 e. The Bertz CT molecular complexity index is 632.